The number of hydrogen-bond donors (Lipinski definition) is 1. The van der Waals surface area contributed by atoms with Crippen LogP contribution in [0.3, 0.4) is 0 Å². The van der Waals surface area contributed by atoms with Crippen molar-refractivity contribution in [1.29, 1.82) is 0 Å². The summed E-state index contributed by atoms with van der Waals surface area (Å²) in [7, 11) is 0. The van der Waals surface area contributed by atoms with Gasteiger partial charge in [-0.1, -0.05) is 31.0 Å². The topological polar surface area (TPSA) is 29.1 Å². The summed E-state index contributed by atoms with van der Waals surface area (Å²) in [6, 6.07) is 4.42. The number of amides is 1. The molecule has 1 amide bonds. The lowest BCUT2D eigenvalue weighted by Crippen LogP contribution is -2.31. The minimum Gasteiger partial charge on any atom is -0.356 e. The van der Waals surface area contributed by atoms with E-state index in [4.69, 9.17) is 23.2 Å². The fraction of sp³-hybridized carbons (Fsp3) is 0.533. The minimum absolute atomic E-state index is 0.0365. The van der Waals surface area contributed by atoms with E-state index in [9.17, 15) is 9.18 Å². The highest BCUT2D eigenvalue weighted by atomic mass is 35.5. The van der Waals surface area contributed by atoms with E-state index in [1.165, 1.54) is 12.1 Å². The molecular weight excluding hydrogens is 300 g/mol. The van der Waals surface area contributed by atoms with Crippen molar-refractivity contribution in [2.75, 3.05) is 12.4 Å². The van der Waals surface area contributed by atoms with E-state index in [1.807, 2.05) is 0 Å². The third-order valence-corrected chi connectivity index (χ3v) is 3.77. The molecule has 0 heterocycles. The summed E-state index contributed by atoms with van der Waals surface area (Å²) >= 11 is 11.6. The molecule has 0 aromatic heterocycles. The summed E-state index contributed by atoms with van der Waals surface area (Å²) in [5.74, 6) is 0.295. The molecule has 112 valence electrons. The highest BCUT2D eigenvalue weighted by molar-refractivity contribution is 6.31. The van der Waals surface area contributed by atoms with Crippen molar-refractivity contribution in [3.8, 4) is 0 Å². The molecule has 1 aromatic rings. The molecule has 0 aliphatic carbocycles. The summed E-state index contributed by atoms with van der Waals surface area (Å²) in [6.07, 6.45) is 2.91. The van der Waals surface area contributed by atoms with Crippen LogP contribution in [0, 0.1) is 11.7 Å². The minimum atomic E-state index is -0.446. The molecule has 0 aliphatic rings. The molecule has 1 atom stereocenters. The van der Waals surface area contributed by atoms with Gasteiger partial charge in [0.1, 0.15) is 5.82 Å². The van der Waals surface area contributed by atoms with E-state index in [1.54, 1.807) is 6.07 Å². The van der Waals surface area contributed by atoms with Crippen molar-refractivity contribution in [2.45, 2.75) is 32.6 Å². The number of benzene rings is 1. The third-order valence-electron chi connectivity index (χ3n) is 3.20. The normalized spacial score (nSPS) is 12.2. The summed E-state index contributed by atoms with van der Waals surface area (Å²) in [4.78, 5) is 11.9. The first kappa shape index (κ1) is 17.3. The number of halogens is 3. The highest BCUT2D eigenvalue weighted by Gasteiger charge is 2.13. The largest absolute Gasteiger partial charge is 0.356 e. The van der Waals surface area contributed by atoms with Crippen molar-refractivity contribution < 1.29 is 9.18 Å². The first-order chi connectivity index (χ1) is 9.58. The second-order valence-electron chi connectivity index (χ2n) is 4.81. The molecule has 0 radical (unpaired) electrons. The average molecular weight is 320 g/mol. The van der Waals surface area contributed by atoms with Crippen LogP contribution in [0.5, 0.6) is 0 Å². The molecule has 0 saturated carbocycles. The average Bonchev–Trinajstić information content (AvgIpc) is 2.41. The quantitative estimate of drug-likeness (QED) is 0.715. The Morgan fingerprint density at radius 1 is 1.40 bits per heavy atom. The van der Waals surface area contributed by atoms with Crippen LogP contribution in [0.25, 0.3) is 0 Å². The Hall–Kier alpha value is -0.800. The molecule has 5 heteroatoms. The molecule has 20 heavy (non-hydrogen) atoms. The van der Waals surface area contributed by atoms with Gasteiger partial charge in [-0.05, 0) is 30.9 Å². The Morgan fingerprint density at radius 3 is 2.75 bits per heavy atom. The predicted molar refractivity (Wildman–Crippen MR) is 81.9 cm³/mol. The summed E-state index contributed by atoms with van der Waals surface area (Å²) in [5.41, 5.74) is 0.246. The molecule has 0 bridgehead atoms. The van der Waals surface area contributed by atoms with Crippen LogP contribution in [0.1, 0.15) is 31.7 Å². The van der Waals surface area contributed by atoms with Gasteiger partial charge in [-0.15, -0.1) is 11.6 Å². The maximum absolute atomic E-state index is 13.6. The van der Waals surface area contributed by atoms with Crippen molar-refractivity contribution in [3.05, 3.63) is 34.6 Å². The van der Waals surface area contributed by atoms with Gasteiger partial charge < -0.3 is 5.32 Å². The zero-order chi connectivity index (χ0) is 15.0. The van der Waals surface area contributed by atoms with Crippen molar-refractivity contribution in [2.24, 2.45) is 5.92 Å². The molecule has 0 aliphatic heterocycles. The molecule has 2 nitrogen and oxygen atoms in total. The second-order valence-corrected chi connectivity index (χ2v) is 5.60. The SMILES string of the molecule is CCCC(CCCl)CNC(=O)Cc1c(F)cccc1Cl. The van der Waals surface area contributed by atoms with E-state index in [-0.39, 0.29) is 22.9 Å². The lowest BCUT2D eigenvalue weighted by atomic mass is 10.0. The van der Waals surface area contributed by atoms with Crippen molar-refractivity contribution >= 4 is 29.1 Å². The van der Waals surface area contributed by atoms with Gasteiger partial charge in [0.25, 0.3) is 0 Å². The van der Waals surface area contributed by atoms with E-state index in [0.717, 1.165) is 19.3 Å². The maximum Gasteiger partial charge on any atom is 0.224 e. The monoisotopic (exact) mass is 319 g/mol. The first-order valence-corrected chi connectivity index (χ1v) is 7.75. The van der Waals surface area contributed by atoms with Gasteiger partial charge >= 0.3 is 0 Å². The fourth-order valence-corrected chi connectivity index (χ4v) is 2.63. The Kier molecular flexibility index (Phi) is 7.93. The first-order valence-electron chi connectivity index (χ1n) is 6.84. The van der Waals surface area contributed by atoms with Gasteiger partial charge in [0, 0.05) is 23.0 Å². The van der Waals surface area contributed by atoms with Crippen LogP contribution >= 0.6 is 23.2 Å². The number of carbonyl (C=O) groups is 1. The molecule has 0 fully saturated rings. The smallest absolute Gasteiger partial charge is 0.224 e. The van der Waals surface area contributed by atoms with Crippen LogP contribution in [-0.2, 0) is 11.2 Å². The Labute approximate surface area is 129 Å². The Bertz CT molecular complexity index is 414. The zero-order valence-electron chi connectivity index (χ0n) is 11.6. The molecule has 1 rings (SSSR count). The van der Waals surface area contributed by atoms with Crippen LogP contribution < -0.4 is 5.32 Å². The van der Waals surface area contributed by atoms with Gasteiger partial charge in [0.2, 0.25) is 5.91 Å². The predicted octanol–water partition coefficient (Wildman–Crippen LogP) is 4.18. The van der Waals surface area contributed by atoms with Gasteiger partial charge in [-0.3, -0.25) is 4.79 Å². The lowest BCUT2D eigenvalue weighted by molar-refractivity contribution is -0.120. The van der Waals surface area contributed by atoms with Crippen LogP contribution in [0.15, 0.2) is 18.2 Å². The number of carbonyl (C=O) groups excluding carboxylic acids is 1. The molecule has 0 spiro atoms. The zero-order valence-corrected chi connectivity index (χ0v) is 13.1. The van der Waals surface area contributed by atoms with Crippen LogP contribution in [0.2, 0.25) is 5.02 Å². The van der Waals surface area contributed by atoms with Gasteiger partial charge in [0.15, 0.2) is 0 Å². The number of nitrogens with one attached hydrogen (secondary N) is 1. The Morgan fingerprint density at radius 2 is 2.15 bits per heavy atom. The van der Waals surface area contributed by atoms with Crippen molar-refractivity contribution in [1.82, 2.24) is 5.32 Å². The van der Waals surface area contributed by atoms with Gasteiger partial charge in [-0.25, -0.2) is 4.39 Å². The van der Waals surface area contributed by atoms with Crippen LogP contribution in [-0.4, -0.2) is 18.3 Å². The molecular formula is C15H20Cl2FNO. The Balaban J connectivity index is 2.51. The van der Waals surface area contributed by atoms with Crippen LogP contribution in [0.4, 0.5) is 4.39 Å². The lowest BCUT2D eigenvalue weighted by Gasteiger charge is -2.15. The van der Waals surface area contributed by atoms with E-state index < -0.39 is 5.82 Å². The molecule has 1 aromatic carbocycles. The fourth-order valence-electron chi connectivity index (χ4n) is 2.09. The third kappa shape index (κ3) is 5.68. The van der Waals surface area contributed by atoms with Gasteiger partial charge in [-0.2, -0.15) is 0 Å². The van der Waals surface area contributed by atoms with E-state index >= 15 is 0 Å². The number of alkyl halides is 1. The molecule has 0 saturated heterocycles. The summed E-state index contributed by atoms with van der Waals surface area (Å²) < 4.78 is 13.6. The van der Waals surface area contributed by atoms with E-state index in [0.29, 0.717) is 18.3 Å². The number of hydrogen-bond acceptors (Lipinski definition) is 1. The second kappa shape index (κ2) is 9.19. The number of rotatable bonds is 8. The summed E-state index contributed by atoms with van der Waals surface area (Å²) in [5, 5.41) is 3.12. The van der Waals surface area contributed by atoms with Gasteiger partial charge in [0.05, 0.1) is 6.42 Å². The molecule has 1 N–H and O–H groups in total. The highest BCUT2D eigenvalue weighted by Crippen LogP contribution is 2.19. The summed E-state index contributed by atoms with van der Waals surface area (Å²) in [6.45, 7) is 2.67. The maximum atomic E-state index is 13.6. The van der Waals surface area contributed by atoms with Crippen molar-refractivity contribution in [3.63, 3.8) is 0 Å². The van der Waals surface area contributed by atoms with E-state index in [2.05, 4.69) is 12.2 Å². The molecule has 1 unspecified atom stereocenters. The standard InChI is InChI=1S/C15H20Cl2FNO/c1-2-4-11(7-8-16)10-19-15(20)9-12-13(17)5-3-6-14(12)18/h3,5-6,11H,2,4,7-10H2,1H3,(H,19,20).